The van der Waals surface area contributed by atoms with Crippen molar-refractivity contribution >= 4 is 11.4 Å². The lowest BCUT2D eigenvalue weighted by molar-refractivity contribution is 0.579. The summed E-state index contributed by atoms with van der Waals surface area (Å²) in [6.45, 7) is 0.429. The lowest BCUT2D eigenvalue weighted by atomic mass is 10.2. The summed E-state index contributed by atoms with van der Waals surface area (Å²) in [5.74, 6) is -1.12. The zero-order chi connectivity index (χ0) is 13.1. The summed E-state index contributed by atoms with van der Waals surface area (Å²) in [6.07, 6.45) is 0. The van der Waals surface area contributed by atoms with E-state index >= 15 is 0 Å². The molecule has 0 aliphatic heterocycles. The first kappa shape index (κ1) is 12.4. The van der Waals surface area contributed by atoms with E-state index in [1.54, 1.807) is 12.1 Å². The molecule has 0 heterocycles. The van der Waals surface area contributed by atoms with Crippen molar-refractivity contribution in [1.29, 1.82) is 0 Å². The highest BCUT2D eigenvalue weighted by Crippen LogP contribution is 2.18. The van der Waals surface area contributed by atoms with Crippen molar-refractivity contribution in [3.8, 4) is 0 Å². The van der Waals surface area contributed by atoms with Crippen molar-refractivity contribution in [2.75, 3.05) is 17.7 Å². The molecule has 0 saturated carbocycles. The molecule has 0 bridgehead atoms. The Kier molecular flexibility index (Phi) is 3.46. The predicted molar refractivity (Wildman–Crippen MR) is 69.3 cm³/mol. The van der Waals surface area contributed by atoms with Crippen LogP contribution in [0, 0.1) is 11.6 Å². The van der Waals surface area contributed by atoms with E-state index in [2.05, 4.69) is 0 Å². The van der Waals surface area contributed by atoms with E-state index in [1.165, 1.54) is 12.1 Å². The Labute approximate surface area is 105 Å². The van der Waals surface area contributed by atoms with Crippen LogP contribution in [-0.4, -0.2) is 7.05 Å². The molecule has 0 amide bonds. The quantitative estimate of drug-likeness (QED) is 0.845. The fraction of sp³-hybridized carbons (Fsp3) is 0.143. The van der Waals surface area contributed by atoms with Gasteiger partial charge in [0.25, 0.3) is 0 Å². The van der Waals surface area contributed by atoms with Crippen molar-refractivity contribution in [3.63, 3.8) is 0 Å². The molecule has 2 aromatic rings. The van der Waals surface area contributed by atoms with Crippen LogP contribution in [0.3, 0.4) is 0 Å². The minimum Gasteiger partial charge on any atom is -0.399 e. The minimum atomic E-state index is -0.560. The van der Waals surface area contributed by atoms with Crippen LogP contribution in [0.25, 0.3) is 0 Å². The van der Waals surface area contributed by atoms with Crippen LogP contribution in [-0.2, 0) is 6.54 Å². The highest BCUT2D eigenvalue weighted by Gasteiger charge is 2.05. The molecule has 0 fully saturated rings. The molecule has 0 aliphatic carbocycles. The average molecular weight is 248 g/mol. The van der Waals surface area contributed by atoms with Gasteiger partial charge in [-0.15, -0.1) is 0 Å². The fourth-order valence-electron chi connectivity index (χ4n) is 1.80. The molecule has 18 heavy (non-hydrogen) atoms. The summed E-state index contributed by atoms with van der Waals surface area (Å²) >= 11 is 0. The summed E-state index contributed by atoms with van der Waals surface area (Å²) in [6, 6.07) is 10.8. The first-order valence-electron chi connectivity index (χ1n) is 5.56. The number of nitrogens with two attached hydrogens (primary N) is 1. The van der Waals surface area contributed by atoms with Gasteiger partial charge < -0.3 is 10.6 Å². The van der Waals surface area contributed by atoms with E-state index in [0.717, 1.165) is 11.8 Å². The van der Waals surface area contributed by atoms with Crippen LogP contribution in [0.1, 0.15) is 5.56 Å². The monoisotopic (exact) mass is 248 g/mol. The van der Waals surface area contributed by atoms with Crippen LogP contribution in [0.15, 0.2) is 42.5 Å². The van der Waals surface area contributed by atoms with E-state index in [0.29, 0.717) is 17.8 Å². The molecule has 2 nitrogen and oxygen atoms in total. The van der Waals surface area contributed by atoms with Gasteiger partial charge in [0.2, 0.25) is 0 Å². The first-order valence-corrected chi connectivity index (χ1v) is 5.56. The molecular weight excluding hydrogens is 234 g/mol. The molecule has 0 atom stereocenters. The van der Waals surface area contributed by atoms with Crippen LogP contribution in [0.4, 0.5) is 20.2 Å². The number of rotatable bonds is 3. The lowest BCUT2D eigenvalue weighted by Gasteiger charge is -2.19. The summed E-state index contributed by atoms with van der Waals surface area (Å²) in [7, 11) is 1.86. The first-order chi connectivity index (χ1) is 8.54. The third-order valence-corrected chi connectivity index (χ3v) is 2.68. The molecule has 0 unspecified atom stereocenters. The smallest absolute Gasteiger partial charge is 0.126 e. The molecule has 0 aromatic heterocycles. The van der Waals surface area contributed by atoms with Gasteiger partial charge in [0.15, 0.2) is 0 Å². The van der Waals surface area contributed by atoms with E-state index in [4.69, 9.17) is 5.73 Å². The van der Waals surface area contributed by atoms with Gasteiger partial charge in [0, 0.05) is 31.0 Å². The molecule has 2 N–H and O–H groups in total. The van der Waals surface area contributed by atoms with E-state index in [1.807, 2.05) is 24.1 Å². The number of halogens is 2. The highest BCUT2D eigenvalue weighted by molar-refractivity contribution is 5.52. The van der Waals surface area contributed by atoms with Gasteiger partial charge in [-0.05, 0) is 42.0 Å². The van der Waals surface area contributed by atoms with Gasteiger partial charge in [0.05, 0.1) is 0 Å². The maximum atomic E-state index is 13.1. The highest BCUT2D eigenvalue weighted by atomic mass is 19.1. The number of hydrogen-bond donors (Lipinski definition) is 1. The van der Waals surface area contributed by atoms with Crippen LogP contribution < -0.4 is 10.6 Å². The zero-order valence-corrected chi connectivity index (χ0v) is 10.0. The van der Waals surface area contributed by atoms with Crippen molar-refractivity contribution in [2.45, 2.75) is 6.54 Å². The van der Waals surface area contributed by atoms with Gasteiger partial charge in [-0.25, -0.2) is 8.78 Å². The van der Waals surface area contributed by atoms with E-state index < -0.39 is 11.6 Å². The van der Waals surface area contributed by atoms with Crippen molar-refractivity contribution < 1.29 is 8.78 Å². The number of nitrogen functional groups attached to an aromatic ring is 1. The molecule has 0 spiro atoms. The summed E-state index contributed by atoms with van der Waals surface area (Å²) in [5, 5.41) is 0. The van der Waals surface area contributed by atoms with Crippen LogP contribution in [0.2, 0.25) is 0 Å². The number of anilines is 2. The molecule has 0 radical (unpaired) electrons. The Bertz CT molecular complexity index is 518. The molecular formula is C14H14F2N2. The van der Waals surface area contributed by atoms with Crippen molar-refractivity contribution in [1.82, 2.24) is 0 Å². The van der Waals surface area contributed by atoms with Gasteiger partial charge in [-0.3, -0.25) is 0 Å². The van der Waals surface area contributed by atoms with E-state index in [9.17, 15) is 8.78 Å². The summed E-state index contributed by atoms with van der Waals surface area (Å²) < 4.78 is 26.1. The predicted octanol–water partition coefficient (Wildman–Crippen LogP) is 3.18. The Morgan fingerprint density at radius 1 is 1.00 bits per heavy atom. The lowest BCUT2D eigenvalue weighted by Crippen LogP contribution is -2.16. The average Bonchev–Trinajstić information content (AvgIpc) is 2.28. The number of benzene rings is 2. The molecule has 0 saturated heterocycles. The standard InChI is InChI=1S/C14H14F2N2/c1-18(14-4-2-13(17)3-5-14)9-10-6-11(15)8-12(16)7-10/h2-8H,9,17H2,1H3. The van der Waals surface area contributed by atoms with Gasteiger partial charge in [-0.1, -0.05) is 0 Å². The second kappa shape index (κ2) is 5.04. The van der Waals surface area contributed by atoms with Crippen molar-refractivity contribution in [2.24, 2.45) is 0 Å². The third kappa shape index (κ3) is 2.97. The molecule has 2 aromatic carbocycles. The Morgan fingerprint density at radius 2 is 1.56 bits per heavy atom. The second-order valence-corrected chi connectivity index (χ2v) is 4.23. The molecule has 2 rings (SSSR count). The summed E-state index contributed by atoms with van der Waals surface area (Å²) in [4.78, 5) is 1.90. The Morgan fingerprint density at radius 3 is 2.11 bits per heavy atom. The molecule has 0 aliphatic rings. The maximum absolute atomic E-state index is 13.1. The largest absolute Gasteiger partial charge is 0.399 e. The third-order valence-electron chi connectivity index (χ3n) is 2.68. The minimum absolute atomic E-state index is 0.429. The Hall–Kier alpha value is -2.10. The van der Waals surface area contributed by atoms with Gasteiger partial charge >= 0.3 is 0 Å². The van der Waals surface area contributed by atoms with Gasteiger partial charge in [-0.2, -0.15) is 0 Å². The fourth-order valence-corrected chi connectivity index (χ4v) is 1.80. The SMILES string of the molecule is CN(Cc1cc(F)cc(F)c1)c1ccc(N)cc1. The van der Waals surface area contributed by atoms with Crippen LogP contribution >= 0.6 is 0 Å². The topological polar surface area (TPSA) is 29.3 Å². The van der Waals surface area contributed by atoms with E-state index in [-0.39, 0.29) is 0 Å². The Balaban J connectivity index is 2.15. The van der Waals surface area contributed by atoms with Crippen LogP contribution in [0.5, 0.6) is 0 Å². The maximum Gasteiger partial charge on any atom is 0.126 e. The normalized spacial score (nSPS) is 10.4. The summed E-state index contributed by atoms with van der Waals surface area (Å²) in [5.41, 5.74) is 7.81. The van der Waals surface area contributed by atoms with Crippen molar-refractivity contribution in [3.05, 3.63) is 59.7 Å². The molecule has 94 valence electrons. The van der Waals surface area contributed by atoms with Gasteiger partial charge in [0.1, 0.15) is 11.6 Å². The number of nitrogens with zero attached hydrogens (tertiary/aromatic N) is 1. The number of hydrogen-bond acceptors (Lipinski definition) is 2. The molecule has 4 heteroatoms. The zero-order valence-electron chi connectivity index (χ0n) is 10.0. The second-order valence-electron chi connectivity index (χ2n) is 4.23.